The molecule has 37 heavy (non-hydrogen) atoms. The van der Waals surface area contributed by atoms with Gasteiger partial charge >= 0.3 is 6.09 Å². The zero-order valence-electron chi connectivity index (χ0n) is 22.5. The molecule has 0 aliphatic heterocycles. The molecule has 0 spiro atoms. The fraction of sp³-hybridized carbons (Fsp3) is 0.464. The Morgan fingerprint density at radius 1 is 1.08 bits per heavy atom. The molecule has 0 aliphatic rings. The van der Waals surface area contributed by atoms with Gasteiger partial charge in [0.25, 0.3) is 0 Å². The molecule has 1 amide bonds. The van der Waals surface area contributed by atoms with Gasteiger partial charge in [-0.2, -0.15) is 0 Å². The Bertz CT molecular complexity index is 1260. The third kappa shape index (κ3) is 7.21. The minimum atomic E-state index is -0.620. The number of fused-ring (bicyclic) bond motifs is 1. The number of oxazole rings is 1. The number of carbonyl (C=O) groups excluding carboxylic acids is 2. The summed E-state index contributed by atoms with van der Waals surface area (Å²) in [6.45, 7) is 12.8. The molecule has 8 nitrogen and oxygen atoms in total. The van der Waals surface area contributed by atoms with E-state index in [4.69, 9.17) is 18.6 Å². The summed E-state index contributed by atoms with van der Waals surface area (Å²) >= 11 is 0. The zero-order chi connectivity index (χ0) is 27.3. The number of nitrogens with zero attached hydrogens (tertiary/aromatic N) is 1. The molecule has 1 aromatic heterocycles. The first-order chi connectivity index (χ1) is 17.4. The van der Waals surface area contributed by atoms with Crippen molar-refractivity contribution in [1.82, 2.24) is 10.3 Å². The Hall–Kier alpha value is -3.62. The Labute approximate surface area is 216 Å². The van der Waals surface area contributed by atoms with Gasteiger partial charge in [0.05, 0.1) is 18.7 Å². The van der Waals surface area contributed by atoms with Crippen LogP contribution in [-0.2, 0) is 4.74 Å². The predicted octanol–water partition coefficient (Wildman–Crippen LogP) is 6.26. The van der Waals surface area contributed by atoms with Crippen LogP contribution in [0.3, 0.4) is 0 Å². The first kappa shape index (κ1) is 28.0. The second-order valence-electron chi connectivity index (χ2n) is 9.99. The minimum Gasteiger partial charge on any atom is -0.487 e. The van der Waals surface area contributed by atoms with Gasteiger partial charge in [0, 0.05) is 6.92 Å². The van der Waals surface area contributed by atoms with Crippen LogP contribution in [0.2, 0.25) is 0 Å². The number of carbonyl (C=O) groups is 2. The molecule has 3 rings (SSSR count). The van der Waals surface area contributed by atoms with Gasteiger partial charge in [0.2, 0.25) is 11.3 Å². The van der Waals surface area contributed by atoms with E-state index < -0.39 is 11.7 Å². The van der Waals surface area contributed by atoms with Crippen molar-refractivity contribution >= 4 is 23.0 Å². The highest BCUT2D eigenvalue weighted by Gasteiger charge is 2.27. The van der Waals surface area contributed by atoms with E-state index in [0.29, 0.717) is 41.1 Å². The van der Waals surface area contributed by atoms with Crippen molar-refractivity contribution in [3.05, 3.63) is 52.7 Å². The lowest BCUT2D eigenvalue weighted by Crippen LogP contribution is -2.34. The molecule has 0 saturated carbocycles. The number of nitrogens with one attached hydrogen (secondary N) is 1. The SMILES string of the molecule is CC(=O)c1c(OCCNC(=O)OC(C)(C)C)c(OCCC(C)c2ccc(F)cc2)c2oc(C)nc2c1C. The molecular formula is C28H35FN2O6. The van der Waals surface area contributed by atoms with Crippen LogP contribution in [0.15, 0.2) is 28.7 Å². The van der Waals surface area contributed by atoms with E-state index in [0.717, 1.165) is 5.56 Å². The van der Waals surface area contributed by atoms with Crippen molar-refractivity contribution in [3.63, 3.8) is 0 Å². The summed E-state index contributed by atoms with van der Waals surface area (Å²) in [5.74, 6) is 0.576. The molecule has 1 atom stereocenters. The molecule has 0 bridgehead atoms. The first-order valence-electron chi connectivity index (χ1n) is 12.3. The number of benzene rings is 2. The van der Waals surface area contributed by atoms with Gasteiger partial charge < -0.3 is 23.9 Å². The summed E-state index contributed by atoms with van der Waals surface area (Å²) in [5, 5.41) is 2.64. The maximum atomic E-state index is 13.3. The van der Waals surface area contributed by atoms with Crippen molar-refractivity contribution < 1.29 is 32.6 Å². The van der Waals surface area contributed by atoms with Gasteiger partial charge in [-0.1, -0.05) is 19.1 Å². The number of hydrogen-bond donors (Lipinski definition) is 1. The van der Waals surface area contributed by atoms with E-state index in [2.05, 4.69) is 10.3 Å². The number of aromatic nitrogens is 1. The molecule has 1 unspecified atom stereocenters. The number of ketones is 1. The van der Waals surface area contributed by atoms with E-state index in [1.165, 1.54) is 19.1 Å². The highest BCUT2D eigenvalue weighted by Crippen LogP contribution is 2.42. The van der Waals surface area contributed by atoms with Crippen molar-refractivity contribution in [1.29, 1.82) is 0 Å². The monoisotopic (exact) mass is 514 g/mol. The smallest absolute Gasteiger partial charge is 0.407 e. The Morgan fingerprint density at radius 3 is 2.35 bits per heavy atom. The van der Waals surface area contributed by atoms with Crippen molar-refractivity contribution in [2.24, 2.45) is 0 Å². The first-order valence-corrected chi connectivity index (χ1v) is 12.3. The highest BCUT2D eigenvalue weighted by atomic mass is 19.1. The van der Waals surface area contributed by atoms with Gasteiger partial charge in [0.15, 0.2) is 17.4 Å². The molecule has 1 heterocycles. The molecular weight excluding hydrogens is 479 g/mol. The largest absolute Gasteiger partial charge is 0.487 e. The number of amides is 1. The normalized spacial score (nSPS) is 12.3. The minimum absolute atomic E-state index is 0.0694. The highest BCUT2D eigenvalue weighted by molar-refractivity contribution is 6.05. The molecule has 9 heteroatoms. The summed E-state index contributed by atoms with van der Waals surface area (Å²) in [5.41, 5.74) is 2.27. The van der Waals surface area contributed by atoms with Crippen LogP contribution in [-0.4, -0.2) is 42.2 Å². The van der Waals surface area contributed by atoms with E-state index in [1.54, 1.807) is 46.8 Å². The molecule has 2 aromatic carbocycles. The number of aryl methyl sites for hydroxylation is 2. The van der Waals surface area contributed by atoms with E-state index in [1.807, 2.05) is 6.92 Å². The lowest BCUT2D eigenvalue weighted by atomic mass is 9.98. The average Bonchev–Trinajstić information content (AvgIpc) is 3.19. The third-order valence-corrected chi connectivity index (χ3v) is 5.71. The standard InChI is InChI=1S/C28H35FN2O6/c1-16(20-8-10-21(29)11-9-20)12-14-34-26-24(35-15-13-30-27(33)37-28(5,6)7)22(18(3)32)17(2)23-25(26)36-19(4)31-23/h8-11,16H,12-15H2,1-7H3,(H,30,33). The molecule has 200 valence electrons. The fourth-order valence-electron chi connectivity index (χ4n) is 3.95. The fourth-order valence-corrected chi connectivity index (χ4v) is 3.95. The number of rotatable bonds is 10. The lowest BCUT2D eigenvalue weighted by molar-refractivity contribution is 0.0519. The zero-order valence-corrected chi connectivity index (χ0v) is 22.5. The lowest BCUT2D eigenvalue weighted by Gasteiger charge is -2.20. The van der Waals surface area contributed by atoms with E-state index >= 15 is 0 Å². The predicted molar refractivity (Wildman–Crippen MR) is 138 cm³/mol. The van der Waals surface area contributed by atoms with Crippen LogP contribution in [0.25, 0.3) is 11.1 Å². The molecule has 0 radical (unpaired) electrons. The molecule has 0 saturated heterocycles. The summed E-state index contributed by atoms with van der Waals surface area (Å²) in [6, 6.07) is 6.38. The van der Waals surface area contributed by atoms with Crippen LogP contribution in [0.4, 0.5) is 9.18 Å². The summed E-state index contributed by atoms with van der Waals surface area (Å²) in [6.07, 6.45) is 0.0648. The number of halogens is 1. The van der Waals surface area contributed by atoms with Gasteiger partial charge in [-0.25, -0.2) is 14.2 Å². The Kier molecular flexibility index (Phi) is 8.78. The van der Waals surface area contributed by atoms with E-state index in [9.17, 15) is 14.0 Å². The molecule has 3 aromatic rings. The van der Waals surface area contributed by atoms with Crippen molar-refractivity contribution in [3.8, 4) is 11.5 Å². The quantitative estimate of drug-likeness (QED) is 0.252. The van der Waals surface area contributed by atoms with Crippen LogP contribution in [0.5, 0.6) is 11.5 Å². The third-order valence-electron chi connectivity index (χ3n) is 5.71. The number of hydrogen-bond acceptors (Lipinski definition) is 7. The van der Waals surface area contributed by atoms with Crippen LogP contribution < -0.4 is 14.8 Å². The molecule has 1 N–H and O–H groups in total. The molecule has 0 aliphatic carbocycles. The average molecular weight is 515 g/mol. The van der Waals surface area contributed by atoms with Crippen LogP contribution in [0, 0.1) is 19.7 Å². The summed E-state index contributed by atoms with van der Waals surface area (Å²) < 4.78 is 36.6. The van der Waals surface area contributed by atoms with E-state index in [-0.39, 0.29) is 42.2 Å². The maximum absolute atomic E-state index is 13.3. The van der Waals surface area contributed by atoms with Crippen LogP contribution >= 0.6 is 0 Å². The second-order valence-corrected chi connectivity index (χ2v) is 9.99. The maximum Gasteiger partial charge on any atom is 0.407 e. The van der Waals surface area contributed by atoms with Crippen molar-refractivity contribution in [2.75, 3.05) is 19.8 Å². The topological polar surface area (TPSA) is 99.9 Å². The van der Waals surface area contributed by atoms with Gasteiger partial charge in [0.1, 0.15) is 23.5 Å². The number of alkyl carbamates (subject to hydrolysis) is 1. The Morgan fingerprint density at radius 2 is 1.73 bits per heavy atom. The van der Waals surface area contributed by atoms with Gasteiger partial charge in [-0.05, 0) is 70.2 Å². The number of ether oxygens (including phenoxy) is 3. The number of Topliss-reactive ketones (excluding diaryl/α,β-unsaturated/α-hetero) is 1. The van der Waals surface area contributed by atoms with Crippen molar-refractivity contribution in [2.45, 2.75) is 66.4 Å². The summed E-state index contributed by atoms with van der Waals surface area (Å²) in [4.78, 5) is 29.1. The summed E-state index contributed by atoms with van der Waals surface area (Å²) in [7, 11) is 0. The van der Waals surface area contributed by atoms with Gasteiger partial charge in [-0.15, -0.1) is 0 Å². The van der Waals surface area contributed by atoms with Crippen LogP contribution in [0.1, 0.15) is 74.3 Å². The van der Waals surface area contributed by atoms with Gasteiger partial charge in [-0.3, -0.25) is 4.79 Å². The second kappa shape index (κ2) is 11.6. The molecule has 0 fully saturated rings. The Balaban J connectivity index is 1.83.